The van der Waals surface area contributed by atoms with Gasteiger partial charge < -0.3 is 20.4 Å². The van der Waals surface area contributed by atoms with Crippen molar-refractivity contribution in [2.24, 2.45) is 13.0 Å². The summed E-state index contributed by atoms with van der Waals surface area (Å²) in [5.41, 5.74) is 5.13. The Bertz CT molecular complexity index is 1430. The number of anilines is 3. The zero-order valence-corrected chi connectivity index (χ0v) is 20.6. The van der Waals surface area contributed by atoms with Crippen LogP contribution in [0.4, 0.5) is 17.5 Å². The van der Waals surface area contributed by atoms with Gasteiger partial charge in [-0.3, -0.25) is 19.2 Å². The van der Waals surface area contributed by atoms with Crippen LogP contribution in [0.2, 0.25) is 0 Å². The molecule has 0 radical (unpaired) electrons. The van der Waals surface area contributed by atoms with Crippen molar-refractivity contribution in [3.05, 3.63) is 47.9 Å². The van der Waals surface area contributed by atoms with Gasteiger partial charge in [-0.2, -0.15) is 5.10 Å². The minimum absolute atomic E-state index is 0.141. The highest BCUT2D eigenvalue weighted by Gasteiger charge is 2.34. The van der Waals surface area contributed by atoms with E-state index in [4.69, 9.17) is 9.72 Å². The van der Waals surface area contributed by atoms with Crippen molar-refractivity contribution in [1.82, 2.24) is 29.6 Å². The van der Waals surface area contributed by atoms with Crippen LogP contribution in [0.1, 0.15) is 11.3 Å². The van der Waals surface area contributed by atoms with Crippen molar-refractivity contribution in [3.8, 4) is 11.3 Å². The molecule has 0 atom stereocenters. The molecular weight excluding hydrogens is 460 g/mol. The highest BCUT2D eigenvalue weighted by Crippen LogP contribution is 2.33. The molecule has 36 heavy (non-hydrogen) atoms. The third-order valence-corrected chi connectivity index (χ3v) is 6.43. The maximum Gasteiger partial charge on any atom is 0.311 e. The Morgan fingerprint density at radius 1 is 1.25 bits per heavy atom. The number of nitrogens with zero attached hydrogens (tertiary/aromatic N) is 5. The zero-order chi connectivity index (χ0) is 25.4. The fourth-order valence-corrected chi connectivity index (χ4v) is 4.37. The molecule has 0 unspecified atom stereocenters. The first-order chi connectivity index (χ1) is 17.3. The van der Waals surface area contributed by atoms with E-state index in [0.29, 0.717) is 30.5 Å². The van der Waals surface area contributed by atoms with Gasteiger partial charge in [-0.15, -0.1) is 0 Å². The number of benzene rings is 1. The molecule has 186 valence electrons. The SMILES string of the molecule is COC(=O)C1CN(CC(=O)Nc2cccc3c(-c4nc(Nc5cc(C)n(C)n5)ncc4C)c[nH]c23)C1. The number of hydrogen-bond donors (Lipinski definition) is 3. The average Bonchev–Trinajstić information content (AvgIpc) is 3.40. The molecule has 0 bridgehead atoms. The van der Waals surface area contributed by atoms with E-state index in [1.54, 1.807) is 10.9 Å². The molecule has 4 aromatic rings. The molecule has 1 fully saturated rings. The van der Waals surface area contributed by atoms with Crippen LogP contribution in [0.3, 0.4) is 0 Å². The van der Waals surface area contributed by atoms with Gasteiger partial charge in [-0.05, 0) is 25.5 Å². The van der Waals surface area contributed by atoms with Gasteiger partial charge >= 0.3 is 5.97 Å². The van der Waals surface area contributed by atoms with Crippen LogP contribution in [0.5, 0.6) is 0 Å². The van der Waals surface area contributed by atoms with Gasteiger partial charge in [0.2, 0.25) is 11.9 Å². The summed E-state index contributed by atoms with van der Waals surface area (Å²) < 4.78 is 6.54. The minimum Gasteiger partial charge on any atom is -0.469 e. The molecule has 1 aliphatic heterocycles. The molecule has 11 heteroatoms. The Labute approximate surface area is 207 Å². The average molecular weight is 489 g/mol. The van der Waals surface area contributed by atoms with Crippen LogP contribution in [-0.2, 0) is 21.4 Å². The minimum atomic E-state index is -0.233. The topological polar surface area (TPSA) is 130 Å². The second-order valence-corrected chi connectivity index (χ2v) is 9.04. The van der Waals surface area contributed by atoms with Crippen LogP contribution in [0.25, 0.3) is 22.2 Å². The van der Waals surface area contributed by atoms with E-state index in [-0.39, 0.29) is 24.3 Å². The van der Waals surface area contributed by atoms with E-state index in [2.05, 4.69) is 25.7 Å². The fraction of sp³-hybridized carbons (Fsp3) is 0.320. The van der Waals surface area contributed by atoms with Crippen LogP contribution < -0.4 is 10.6 Å². The molecule has 11 nitrogen and oxygen atoms in total. The number of aromatic amines is 1. The van der Waals surface area contributed by atoms with Crippen molar-refractivity contribution >= 4 is 40.2 Å². The quantitative estimate of drug-likeness (QED) is 0.339. The van der Waals surface area contributed by atoms with E-state index in [1.165, 1.54) is 7.11 Å². The summed E-state index contributed by atoms with van der Waals surface area (Å²) in [7, 11) is 3.26. The number of likely N-dealkylation sites (tertiary alicyclic amines) is 1. The van der Waals surface area contributed by atoms with Crippen molar-refractivity contribution in [2.45, 2.75) is 13.8 Å². The monoisotopic (exact) mass is 488 g/mol. The van der Waals surface area contributed by atoms with Crippen molar-refractivity contribution < 1.29 is 14.3 Å². The van der Waals surface area contributed by atoms with Crippen molar-refractivity contribution in [1.29, 1.82) is 0 Å². The first-order valence-electron chi connectivity index (χ1n) is 11.6. The molecule has 1 saturated heterocycles. The number of fused-ring (bicyclic) bond motifs is 1. The molecule has 1 aliphatic rings. The van der Waals surface area contributed by atoms with Crippen LogP contribution in [0, 0.1) is 19.8 Å². The molecule has 0 aliphatic carbocycles. The normalized spacial score (nSPS) is 14.0. The zero-order valence-electron chi connectivity index (χ0n) is 20.6. The van der Waals surface area contributed by atoms with E-state index in [0.717, 1.165) is 33.4 Å². The Morgan fingerprint density at radius 3 is 2.78 bits per heavy atom. The second kappa shape index (κ2) is 9.42. The number of H-pyrrole nitrogens is 1. The van der Waals surface area contributed by atoms with Crippen LogP contribution in [0.15, 0.2) is 36.7 Å². The number of methoxy groups -OCH3 is 1. The third kappa shape index (κ3) is 4.52. The number of esters is 1. The van der Waals surface area contributed by atoms with Gasteiger partial charge in [0.05, 0.1) is 36.5 Å². The Hall–Kier alpha value is -4.25. The first-order valence-corrected chi connectivity index (χ1v) is 11.6. The number of aromatic nitrogens is 5. The molecule has 5 rings (SSSR count). The third-order valence-electron chi connectivity index (χ3n) is 6.43. The van der Waals surface area contributed by atoms with Crippen molar-refractivity contribution in [2.75, 3.05) is 37.4 Å². The maximum atomic E-state index is 12.7. The van der Waals surface area contributed by atoms with Crippen LogP contribution >= 0.6 is 0 Å². The first kappa shape index (κ1) is 23.5. The lowest BCUT2D eigenvalue weighted by Gasteiger charge is -2.36. The largest absolute Gasteiger partial charge is 0.469 e. The summed E-state index contributed by atoms with van der Waals surface area (Å²) in [6.07, 6.45) is 3.67. The lowest BCUT2D eigenvalue weighted by molar-refractivity contribution is -0.152. The summed E-state index contributed by atoms with van der Waals surface area (Å²) in [6, 6.07) is 7.68. The van der Waals surface area contributed by atoms with E-state index < -0.39 is 0 Å². The molecule has 3 aromatic heterocycles. The molecule has 4 heterocycles. The van der Waals surface area contributed by atoms with Crippen LogP contribution in [-0.4, -0.2) is 68.3 Å². The number of rotatable bonds is 7. The highest BCUT2D eigenvalue weighted by atomic mass is 16.5. The summed E-state index contributed by atoms with van der Waals surface area (Å²) >= 11 is 0. The number of hydrogen-bond acceptors (Lipinski definition) is 8. The number of para-hydroxylation sites is 1. The van der Waals surface area contributed by atoms with Gasteiger partial charge in [0.1, 0.15) is 0 Å². The predicted molar refractivity (Wildman–Crippen MR) is 136 cm³/mol. The standard InChI is InChI=1S/C25H28N8O3/c1-14-9-27-25(29-20-8-15(2)32(3)31-20)30-22(14)18-10-26-23-17(18)6-5-7-19(23)28-21(34)13-33-11-16(12-33)24(35)36-4/h5-10,16,26H,11-13H2,1-4H3,(H,28,34)(H,27,29,30,31). The van der Waals surface area contributed by atoms with Gasteiger partial charge in [-0.25, -0.2) is 9.97 Å². The highest BCUT2D eigenvalue weighted by molar-refractivity contribution is 6.06. The molecular formula is C25H28N8O3. The molecule has 1 amide bonds. The number of carbonyl (C=O) groups is 2. The molecule has 0 saturated carbocycles. The number of ether oxygens (including phenoxy) is 1. The molecule has 3 N–H and O–H groups in total. The van der Waals surface area contributed by atoms with Gasteiger partial charge in [0.15, 0.2) is 5.82 Å². The fourth-order valence-electron chi connectivity index (χ4n) is 4.37. The van der Waals surface area contributed by atoms with E-state index >= 15 is 0 Å². The lowest BCUT2D eigenvalue weighted by atomic mass is 10.0. The van der Waals surface area contributed by atoms with Gasteiger partial charge in [0, 0.05) is 55.2 Å². The summed E-state index contributed by atoms with van der Waals surface area (Å²) in [5.74, 6) is 0.594. The van der Waals surface area contributed by atoms with E-state index in [9.17, 15) is 9.59 Å². The number of aryl methyl sites for hydroxylation is 3. The summed E-state index contributed by atoms with van der Waals surface area (Å²) in [4.78, 5) is 38.6. The Morgan fingerprint density at radius 2 is 2.06 bits per heavy atom. The molecule has 1 aromatic carbocycles. The number of carbonyl (C=O) groups excluding carboxylic acids is 2. The number of nitrogens with one attached hydrogen (secondary N) is 3. The Kier molecular flexibility index (Phi) is 6.15. The summed E-state index contributed by atoms with van der Waals surface area (Å²) in [6.45, 7) is 5.20. The van der Waals surface area contributed by atoms with E-state index in [1.807, 2.05) is 56.3 Å². The summed E-state index contributed by atoms with van der Waals surface area (Å²) in [5, 5.41) is 11.5. The molecule has 0 spiro atoms. The smallest absolute Gasteiger partial charge is 0.311 e. The van der Waals surface area contributed by atoms with Gasteiger partial charge in [0.25, 0.3) is 0 Å². The Balaban J connectivity index is 1.34. The van der Waals surface area contributed by atoms with Crippen molar-refractivity contribution in [3.63, 3.8) is 0 Å². The maximum absolute atomic E-state index is 12.7. The van der Waals surface area contributed by atoms with Gasteiger partial charge in [-0.1, -0.05) is 12.1 Å². The predicted octanol–water partition coefficient (Wildman–Crippen LogP) is 2.76. The number of amides is 1. The lowest BCUT2D eigenvalue weighted by Crippen LogP contribution is -2.53. The second-order valence-electron chi connectivity index (χ2n) is 9.04.